The first kappa shape index (κ1) is 32.7. The van der Waals surface area contributed by atoms with Crippen LogP contribution in [0.4, 0.5) is 0 Å². The lowest BCUT2D eigenvalue weighted by molar-refractivity contribution is 0.490. The summed E-state index contributed by atoms with van der Waals surface area (Å²) in [5.41, 5.74) is 12.9. The molecule has 0 amide bonds. The van der Waals surface area contributed by atoms with E-state index in [9.17, 15) is 0 Å². The minimum absolute atomic E-state index is 0.0821. The van der Waals surface area contributed by atoms with Gasteiger partial charge in [0.1, 0.15) is 0 Å². The molecular formula is C38H62. The molecule has 0 heteroatoms. The molecule has 0 N–H and O–H groups in total. The van der Waals surface area contributed by atoms with Crippen LogP contribution in [-0.2, 0) is 45.3 Å². The van der Waals surface area contributed by atoms with Crippen molar-refractivity contribution < 1.29 is 0 Å². The van der Waals surface area contributed by atoms with Crippen molar-refractivity contribution in [1.29, 1.82) is 0 Å². The fourth-order valence-electron chi connectivity index (χ4n) is 6.50. The highest BCUT2D eigenvalue weighted by atomic mass is 14.4. The van der Waals surface area contributed by atoms with Crippen molar-refractivity contribution in [3.05, 3.63) is 68.8 Å². The van der Waals surface area contributed by atoms with Gasteiger partial charge in [-0.2, -0.15) is 0 Å². The fraction of sp³-hybridized carbons (Fsp3) is 0.684. The first-order valence-corrected chi connectivity index (χ1v) is 15.0. The van der Waals surface area contributed by atoms with Gasteiger partial charge in [0.05, 0.1) is 0 Å². The molecule has 0 fully saturated rings. The summed E-state index contributed by atoms with van der Waals surface area (Å²) in [4.78, 5) is 0. The van der Waals surface area contributed by atoms with Crippen LogP contribution in [0.2, 0.25) is 0 Å². The molecule has 0 radical (unpaired) electrons. The van der Waals surface area contributed by atoms with E-state index in [1.807, 2.05) is 0 Å². The summed E-state index contributed by atoms with van der Waals surface area (Å²) in [6, 6.07) is 9.81. The standard InChI is InChI=1S/C38H62/c1-33(2,3)27-23-21-25(29(35(7,8)9)31(27)37(13,14)15)19-20-26-22-24-28(34(4,5)6)32(38(16,17)18)30(26)36(10,11)12/h21-24H,19-20H2,1-18H3. The van der Waals surface area contributed by atoms with E-state index in [0.29, 0.717) is 0 Å². The molecule has 0 aliphatic rings. The van der Waals surface area contributed by atoms with Gasteiger partial charge in [-0.05, 0) is 89.8 Å². The molecule has 214 valence electrons. The second kappa shape index (κ2) is 10.1. The molecule has 2 aromatic carbocycles. The van der Waals surface area contributed by atoms with Gasteiger partial charge in [-0.1, -0.05) is 149 Å². The highest BCUT2D eigenvalue weighted by molar-refractivity contribution is 5.53. The third-order valence-electron chi connectivity index (χ3n) is 7.86. The Morgan fingerprint density at radius 2 is 0.553 bits per heavy atom. The zero-order valence-corrected chi connectivity index (χ0v) is 28.7. The van der Waals surface area contributed by atoms with Crippen molar-refractivity contribution in [2.24, 2.45) is 0 Å². The lowest BCUT2D eigenvalue weighted by Gasteiger charge is -2.39. The van der Waals surface area contributed by atoms with Gasteiger partial charge in [0.15, 0.2) is 0 Å². The Hall–Kier alpha value is -1.56. The summed E-state index contributed by atoms with van der Waals surface area (Å²) in [5.74, 6) is 0. The van der Waals surface area contributed by atoms with E-state index in [1.54, 1.807) is 22.3 Å². The van der Waals surface area contributed by atoms with Gasteiger partial charge in [0.25, 0.3) is 0 Å². The van der Waals surface area contributed by atoms with Gasteiger partial charge in [0, 0.05) is 0 Å². The first-order valence-electron chi connectivity index (χ1n) is 15.0. The van der Waals surface area contributed by atoms with E-state index in [0.717, 1.165) is 12.8 Å². The predicted octanol–water partition coefficient (Wildman–Crippen LogP) is 11.3. The van der Waals surface area contributed by atoms with Crippen molar-refractivity contribution in [3.8, 4) is 0 Å². The molecule has 0 spiro atoms. The Balaban J connectivity index is 2.84. The highest BCUT2D eigenvalue weighted by Crippen LogP contribution is 2.45. The molecule has 0 saturated carbocycles. The van der Waals surface area contributed by atoms with Crippen LogP contribution in [0.1, 0.15) is 169 Å². The molecule has 38 heavy (non-hydrogen) atoms. The first-order chi connectivity index (χ1) is 16.7. The summed E-state index contributed by atoms with van der Waals surface area (Å²) < 4.78 is 0. The summed E-state index contributed by atoms with van der Waals surface area (Å²) >= 11 is 0. The molecule has 2 rings (SSSR count). The van der Waals surface area contributed by atoms with E-state index in [-0.39, 0.29) is 32.5 Å². The lowest BCUT2D eigenvalue weighted by Crippen LogP contribution is -2.30. The molecule has 0 unspecified atom stereocenters. The summed E-state index contributed by atoms with van der Waals surface area (Å²) in [7, 11) is 0. The Kier molecular flexibility index (Phi) is 8.70. The minimum atomic E-state index is 0.0821. The van der Waals surface area contributed by atoms with Gasteiger partial charge in [-0.3, -0.25) is 0 Å². The number of hydrogen-bond donors (Lipinski definition) is 0. The normalized spacial score (nSPS) is 14.3. The van der Waals surface area contributed by atoms with E-state index in [4.69, 9.17) is 0 Å². The largest absolute Gasteiger partial charge is 0.0584 e. The number of aryl methyl sites for hydroxylation is 2. The molecule has 0 atom stereocenters. The van der Waals surface area contributed by atoms with E-state index in [2.05, 4.69) is 149 Å². The quantitative estimate of drug-likeness (QED) is 0.379. The summed E-state index contributed by atoms with van der Waals surface area (Å²) in [6.07, 6.45) is 2.14. The van der Waals surface area contributed by atoms with Crippen LogP contribution in [0.25, 0.3) is 0 Å². The van der Waals surface area contributed by atoms with Crippen LogP contribution in [0.3, 0.4) is 0 Å². The topological polar surface area (TPSA) is 0 Å². The summed E-state index contributed by atoms with van der Waals surface area (Å²) in [6.45, 7) is 43.0. The average Bonchev–Trinajstić information content (AvgIpc) is 2.66. The fourth-order valence-corrected chi connectivity index (χ4v) is 6.50. The van der Waals surface area contributed by atoms with Crippen LogP contribution < -0.4 is 0 Å². The Labute approximate surface area is 238 Å². The predicted molar refractivity (Wildman–Crippen MR) is 172 cm³/mol. The maximum atomic E-state index is 2.46. The van der Waals surface area contributed by atoms with Crippen molar-refractivity contribution >= 4 is 0 Å². The second-order valence-electron chi connectivity index (χ2n) is 18.0. The van der Waals surface area contributed by atoms with Crippen molar-refractivity contribution in [3.63, 3.8) is 0 Å². The van der Waals surface area contributed by atoms with Crippen molar-refractivity contribution in [2.75, 3.05) is 0 Å². The van der Waals surface area contributed by atoms with Crippen LogP contribution in [-0.4, -0.2) is 0 Å². The Morgan fingerprint density at radius 3 is 0.737 bits per heavy atom. The molecule has 0 heterocycles. The van der Waals surface area contributed by atoms with E-state index >= 15 is 0 Å². The Bertz CT molecular complexity index is 1030. The van der Waals surface area contributed by atoms with Crippen LogP contribution in [0.15, 0.2) is 24.3 Å². The molecule has 0 aromatic heterocycles. The van der Waals surface area contributed by atoms with Gasteiger partial charge in [-0.15, -0.1) is 0 Å². The van der Waals surface area contributed by atoms with Gasteiger partial charge < -0.3 is 0 Å². The van der Waals surface area contributed by atoms with E-state index in [1.165, 1.54) is 22.3 Å². The third kappa shape index (κ3) is 7.14. The van der Waals surface area contributed by atoms with Gasteiger partial charge in [-0.25, -0.2) is 0 Å². The molecule has 0 aliphatic heterocycles. The maximum absolute atomic E-state index is 2.46. The van der Waals surface area contributed by atoms with E-state index < -0.39 is 0 Å². The van der Waals surface area contributed by atoms with Crippen molar-refractivity contribution in [1.82, 2.24) is 0 Å². The number of benzene rings is 2. The third-order valence-corrected chi connectivity index (χ3v) is 7.86. The minimum Gasteiger partial charge on any atom is -0.0584 e. The molecule has 0 nitrogen and oxygen atoms in total. The smallest absolute Gasteiger partial charge is 0.0126 e. The lowest BCUT2D eigenvalue weighted by atomic mass is 9.66. The van der Waals surface area contributed by atoms with Crippen LogP contribution in [0.5, 0.6) is 0 Å². The second-order valence-corrected chi connectivity index (χ2v) is 18.0. The van der Waals surface area contributed by atoms with Crippen molar-refractivity contribution in [2.45, 2.75) is 170 Å². The number of hydrogen-bond acceptors (Lipinski definition) is 0. The maximum Gasteiger partial charge on any atom is -0.0126 e. The molecular weight excluding hydrogens is 456 g/mol. The summed E-state index contributed by atoms with van der Waals surface area (Å²) in [5, 5.41) is 0. The zero-order valence-electron chi connectivity index (χ0n) is 28.7. The van der Waals surface area contributed by atoms with Crippen LogP contribution in [0, 0.1) is 0 Å². The van der Waals surface area contributed by atoms with Gasteiger partial charge >= 0.3 is 0 Å². The monoisotopic (exact) mass is 518 g/mol. The number of rotatable bonds is 3. The van der Waals surface area contributed by atoms with Gasteiger partial charge in [0.2, 0.25) is 0 Å². The molecule has 0 bridgehead atoms. The SMILES string of the molecule is CC(C)(C)c1ccc(CCc2ccc(C(C)(C)C)c(C(C)(C)C)c2C(C)(C)C)c(C(C)(C)C)c1C(C)(C)C. The molecule has 2 aromatic rings. The Morgan fingerprint density at radius 1 is 0.316 bits per heavy atom. The zero-order chi connectivity index (χ0) is 29.9. The molecule has 0 aliphatic carbocycles. The van der Waals surface area contributed by atoms with Crippen LogP contribution >= 0.6 is 0 Å². The molecule has 0 saturated heterocycles. The highest BCUT2D eigenvalue weighted by Gasteiger charge is 2.35. The average molecular weight is 519 g/mol.